The van der Waals surface area contributed by atoms with Crippen LogP contribution in [0.4, 0.5) is 0 Å². The predicted octanol–water partition coefficient (Wildman–Crippen LogP) is 3.19. The Balaban J connectivity index is 2.02. The summed E-state index contributed by atoms with van der Waals surface area (Å²) in [5, 5.41) is 3.59. The maximum absolute atomic E-state index is 5.08. The Morgan fingerprint density at radius 1 is 1.05 bits per heavy atom. The molecule has 1 unspecified atom stereocenters. The molecule has 20 heavy (non-hydrogen) atoms. The van der Waals surface area contributed by atoms with Crippen LogP contribution in [-0.4, -0.2) is 25.2 Å². The summed E-state index contributed by atoms with van der Waals surface area (Å²) in [4.78, 5) is 4.48. The third kappa shape index (κ3) is 4.44. The minimum absolute atomic E-state index is 0.153. The number of hydrogen-bond acceptors (Lipinski definition) is 3. The van der Waals surface area contributed by atoms with E-state index in [-0.39, 0.29) is 6.04 Å². The van der Waals surface area contributed by atoms with Crippen LogP contribution in [0, 0.1) is 0 Å². The molecule has 1 N–H and O–H groups in total. The number of methoxy groups -OCH3 is 1. The Hall–Kier alpha value is -1.71. The number of hydrogen-bond donors (Lipinski definition) is 1. The summed E-state index contributed by atoms with van der Waals surface area (Å²) in [5.41, 5.74) is 2.31. The monoisotopic (exact) mass is 270 g/mol. The molecule has 0 radical (unpaired) electrons. The fraction of sp³-hybridized carbons (Fsp3) is 0.353. The van der Waals surface area contributed by atoms with Crippen molar-refractivity contribution in [3.8, 4) is 0 Å². The molecule has 0 spiro atoms. The second-order valence-corrected chi connectivity index (χ2v) is 4.75. The van der Waals surface area contributed by atoms with Crippen molar-refractivity contribution in [3.05, 3.63) is 66.0 Å². The Morgan fingerprint density at radius 2 is 1.85 bits per heavy atom. The van der Waals surface area contributed by atoms with Crippen molar-refractivity contribution in [1.82, 2.24) is 10.3 Å². The Morgan fingerprint density at radius 3 is 2.55 bits per heavy atom. The van der Waals surface area contributed by atoms with Crippen LogP contribution < -0.4 is 5.32 Å². The van der Waals surface area contributed by atoms with E-state index in [4.69, 9.17) is 4.74 Å². The van der Waals surface area contributed by atoms with Gasteiger partial charge in [0.05, 0.1) is 11.7 Å². The predicted molar refractivity (Wildman–Crippen MR) is 81.6 cm³/mol. The number of nitrogens with zero attached hydrogens (tertiary/aromatic N) is 1. The topological polar surface area (TPSA) is 34.1 Å². The summed E-state index contributed by atoms with van der Waals surface area (Å²) in [6.45, 7) is 1.78. The number of rotatable bonds is 8. The first-order valence-electron chi connectivity index (χ1n) is 7.10. The Labute approximate surface area is 121 Å². The van der Waals surface area contributed by atoms with Crippen molar-refractivity contribution >= 4 is 0 Å². The molecule has 3 nitrogen and oxygen atoms in total. The first kappa shape index (κ1) is 14.7. The molecule has 1 atom stereocenters. The molecular formula is C17H22N2O. The molecule has 1 aromatic carbocycles. The van der Waals surface area contributed by atoms with Crippen LogP contribution in [0.1, 0.15) is 30.1 Å². The highest BCUT2D eigenvalue weighted by Gasteiger charge is 2.13. The molecule has 0 saturated carbocycles. The van der Waals surface area contributed by atoms with Crippen molar-refractivity contribution < 1.29 is 4.74 Å². The van der Waals surface area contributed by atoms with Gasteiger partial charge in [0.15, 0.2) is 0 Å². The first-order chi connectivity index (χ1) is 9.92. The zero-order valence-electron chi connectivity index (χ0n) is 12.0. The third-order valence-electron chi connectivity index (χ3n) is 3.24. The largest absolute Gasteiger partial charge is 0.385 e. The lowest BCUT2D eigenvalue weighted by atomic mass is 10.0. The van der Waals surface area contributed by atoms with E-state index in [1.165, 1.54) is 5.56 Å². The maximum atomic E-state index is 5.08. The first-order valence-corrected chi connectivity index (χ1v) is 7.10. The number of benzene rings is 1. The van der Waals surface area contributed by atoms with Crippen LogP contribution in [0.3, 0.4) is 0 Å². The molecule has 1 heterocycles. The van der Waals surface area contributed by atoms with Crippen molar-refractivity contribution in [1.29, 1.82) is 0 Å². The molecule has 106 valence electrons. The van der Waals surface area contributed by atoms with Crippen molar-refractivity contribution in [2.45, 2.75) is 18.9 Å². The zero-order valence-corrected chi connectivity index (χ0v) is 12.0. The van der Waals surface area contributed by atoms with E-state index >= 15 is 0 Å². The molecule has 0 amide bonds. The number of pyridine rings is 1. The summed E-state index contributed by atoms with van der Waals surface area (Å²) in [5.74, 6) is 0. The lowest BCUT2D eigenvalue weighted by Crippen LogP contribution is -2.24. The van der Waals surface area contributed by atoms with E-state index in [0.29, 0.717) is 0 Å². The fourth-order valence-corrected chi connectivity index (χ4v) is 2.20. The lowest BCUT2D eigenvalue weighted by molar-refractivity contribution is 0.192. The van der Waals surface area contributed by atoms with Gasteiger partial charge in [-0.05, 0) is 37.1 Å². The van der Waals surface area contributed by atoms with Gasteiger partial charge >= 0.3 is 0 Å². The fourth-order valence-electron chi connectivity index (χ4n) is 2.20. The van der Waals surface area contributed by atoms with E-state index in [9.17, 15) is 0 Å². The lowest BCUT2D eigenvalue weighted by Gasteiger charge is -2.18. The van der Waals surface area contributed by atoms with Gasteiger partial charge in [0.2, 0.25) is 0 Å². The minimum atomic E-state index is 0.153. The SMILES string of the molecule is COCCCCNC(c1ccccc1)c1ccccn1. The van der Waals surface area contributed by atoms with Gasteiger partial charge < -0.3 is 10.1 Å². The molecule has 0 saturated heterocycles. The number of unbranched alkanes of at least 4 members (excludes halogenated alkanes) is 1. The quantitative estimate of drug-likeness (QED) is 0.748. The summed E-state index contributed by atoms with van der Waals surface area (Å²) < 4.78 is 5.08. The number of aromatic nitrogens is 1. The average Bonchev–Trinajstić information content (AvgIpc) is 2.53. The molecule has 0 bridgehead atoms. The van der Waals surface area contributed by atoms with Crippen molar-refractivity contribution in [2.75, 3.05) is 20.3 Å². The van der Waals surface area contributed by atoms with E-state index in [0.717, 1.165) is 31.7 Å². The zero-order chi connectivity index (χ0) is 14.0. The third-order valence-corrected chi connectivity index (χ3v) is 3.24. The molecule has 0 aliphatic rings. The second-order valence-electron chi connectivity index (χ2n) is 4.75. The Bertz CT molecular complexity index is 433. The molecule has 0 aliphatic heterocycles. The van der Waals surface area contributed by atoms with Gasteiger partial charge in [-0.25, -0.2) is 0 Å². The smallest absolute Gasteiger partial charge is 0.0751 e. The van der Waals surface area contributed by atoms with Gasteiger partial charge in [-0.2, -0.15) is 0 Å². The molecule has 2 aromatic rings. The van der Waals surface area contributed by atoms with E-state index in [1.807, 2.05) is 24.4 Å². The summed E-state index contributed by atoms with van der Waals surface area (Å²) in [6.07, 6.45) is 4.02. The van der Waals surface area contributed by atoms with Crippen LogP contribution in [0.15, 0.2) is 54.7 Å². The van der Waals surface area contributed by atoms with Crippen LogP contribution in [-0.2, 0) is 4.74 Å². The van der Waals surface area contributed by atoms with Gasteiger partial charge in [-0.15, -0.1) is 0 Å². The minimum Gasteiger partial charge on any atom is -0.385 e. The van der Waals surface area contributed by atoms with Crippen LogP contribution in [0.25, 0.3) is 0 Å². The van der Waals surface area contributed by atoms with Crippen LogP contribution >= 0.6 is 0 Å². The number of ether oxygens (including phenoxy) is 1. The summed E-state index contributed by atoms with van der Waals surface area (Å²) in [6, 6.07) is 16.7. The summed E-state index contributed by atoms with van der Waals surface area (Å²) >= 11 is 0. The van der Waals surface area contributed by atoms with E-state index < -0.39 is 0 Å². The number of nitrogens with one attached hydrogen (secondary N) is 1. The molecule has 1 aromatic heterocycles. The second kappa shape index (κ2) is 8.46. The van der Waals surface area contributed by atoms with Gasteiger partial charge in [-0.3, -0.25) is 4.98 Å². The molecule has 3 heteroatoms. The molecular weight excluding hydrogens is 248 g/mol. The van der Waals surface area contributed by atoms with Crippen molar-refractivity contribution in [2.24, 2.45) is 0 Å². The highest BCUT2D eigenvalue weighted by atomic mass is 16.5. The average molecular weight is 270 g/mol. The molecule has 0 aliphatic carbocycles. The highest BCUT2D eigenvalue weighted by molar-refractivity contribution is 5.27. The standard InChI is InChI=1S/C17H22N2O/c1-20-14-8-7-13-19-17(15-9-3-2-4-10-15)16-11-5-6-12-18-16/h2-6,9-12,17,19H,7-8,13-14H2,1H3. The summed E-state index contributed by atoms with van der Waals surface area (Å²) in [7, 11) is 1.74. The van der Waals surface area contributed by atoms with Gasteiger partial charge in [0.25, 0.3) is 0 Å². The normalized spacial score (nSPS) is 12.2. The van der Waals surface area contributed by atoms with Gasteiger partial charge in [0.1, 0.15) is 0 Å². The highest BCUT2D eigenvalue weighted by Crippen LogP contribution is 2.19. The van der Waals surface area contributed by atoms with E-state index in [2.05, 4.69) is 40.6 Å². The van der Waals surface area contributed by atoms with Crippen LogP contribution in [0.2, 0.25) is 0 Å². The van der Waals surface area contributed by atoms with E-state index in [1.54, 1.807) is 7.11 Å². The molecule has 2 rings (SSSR count). The maximum Gasteiger partial charge on any atom is 0.0751 e. The van der Waals surface area contributed by atoms with Crippen molar-refractivity contribution in [3.63, 3.8) is 0 Å². The Kier molecular flexibility index (Phi) is 6.21. The van der Waals surface area contributed by atoms with Crippen LogP contribution in [0.5, 0.6) is 0 Å². The van der Waals surface area contributed by atoms with Gasteiger partial charge in [0, 0.05) is 19.9 Å². The van der Waals surface area contributed by atoms with Gasteiger partial charge in [-0.1, -0.05) is 36.4 Å². The molecule has 0 fully saturated rings.